The third-order valence-corrected chi connectivity index (χ3v) is 11.9. The lowest BCUT2D eigenvalue weighted by atomic mass is 9.74. The first-order valence-electron chi connectivity index (χ1n) is 17.6. The lowest BCUT2D eigenvalue weighted by molar-refractivity contribution is 0.123. The minimum Gasteiger partial charge on any atom is -0.486 e. The van der Waals surface area contributed by atoms with E-state index in [9.17, 15) is 0 Å². The molecule has 46 heavy (non-hydrogen) atoms. The molecule has 1 aliphatic carbocycles. The van der Waals surface area contributed by atoms with Gasteiger partial charge in [-0.25, -0.2) is 0 Å². The predicted octanol–water partition coefficient (Wildman–Crippen LogP) is 8.88. The summed E-state index contributed by atoms with van der Waals surface area (Å²) >= 11 is 0. The minimum atomic E-state index is -0.383. The number of benzene rings is 4. The SMILES string of the molecule is CC(C)(c1ccccc1)c1ccc2c3c(cc(N4CCOCC4)c2c1)NC1(CO3)N(CC2CCCCC2)c2ccccc2C1(C)C. The molecule has 2 fully saturated rings. The number of anilines is 3. The van der Waals surface area contributed by atoms with Crippen LogP contribution >= 0.6 is 0 Å². The van der Waals surface area contributed by atoms with Gasteiger partial charge < -0.3 is 24.6 Å². The Balaban J connectivity index is 1.26. The maximum atomic E-state index is 7.07. The van der Waals surface area contributed by atoms with Crippen LogP contribution in [0.25, 0.3) is 10.8 Å². The summed E-state index contributed by atoms with van der Waals surface area (Å²) < 4.78 is 12.9. The highest BCUT2D eigenvalue weighted by Gasteiger charge is 2.59. The van der Waals surface area contributed by atoms with Gasteiger partial charge in [0, 0.05) is 52.6 Å². The number of nitrogens with one attached hydrogen (secondary N) is 1. The summed E-state index contributed by atoms with van der Waals surface area (Å²) in [5.74, 6) is 1.69. The molecule has 1 saturated carbocycles. The number of fused-ring (bicyclic) bond motifs is 4. The van der Waals surface area contributed by atoms with Gasteiger partial charge >= 0.3 is 0 Å². The zero-order valence-electron chi connectivity index (χ0n) is 28.1. The van der Waals surface area contributed by atoms with Gasteiger partial charge in [-0.05, 0) is 53.6 Å². The molecule has 0 aromatic heterocycles. The van der Waals surface area contributed by atoms with Gasteiger partial charge in [0.25, 0.3) is 0 Å². The fraction of sp³-hybridized carbons (Fsp3) is 0.463. The van der Waals surface area contributed by atoms with E-state index >= 15 is 0 Å². The number of rotatable bonds is 5. The highest BCUT2D eigenvalue weighted by molar-refractivity contribution is 6.04. The predicted molar refractivity (Wildman–Crippen MR) is 191 cm³/mol. The molecular formula is C41H49N3O2. The fourth-order valence-corrected chi connectivity index (χ4v) is 8.91. The van der Waals surface area contributed by atoms with Crippen LogP contribution in [0.2, 0.25) is 0 Å². The quantitative estimate of drug-likeness (QED) is 0.243. The number of para-hydroxylation sites is 1. The van der Waals surface area contributed by atoms with Crippen LogP contribution in [0.3, 0.4) is 0 Å². The van der Waals surface area contributed by atoms with Gasteiger partial charge in [-0.15, -0.1) is 0 Å². The summed E-state index contributed by atoms with van der Waals surface area (Å²) in [5, 5.41) is 6.67. The molecule has 1 saturated heterocycles. The number of nitrogens with zero attached hydrogens (tertiary/aromatic N) is 2. The molecule has 1 unspecified atom stereocenters. The van der Waals surface area contributed by atoms with Crippen molar-refractivity contribution in [2.45, 2.75) is 76.3 Å². The molecule has 3 aliphatic heterocycles. The van der Waals surface area contributed by atoms with E-state index in [1.54, 1.807) is 0 Å². The molecule has 5 nitrogen and oxygen atoms in total. The van der Waals surface area contributed by atoms with Crippen molar-refractivity contribution in [2.75, 3.05) is 54.6 Å². The zero-order valence-corrected chi connectivity index (χ0v) is 28.1. The van der Waals surface area contributed by atoms with Gasteiger partial charge in [-0.2, -0.15) is 0 Å². The molecule has 0 radical (unpaired) electrons. The normalized spacial score (nSPS) is 22.8. The second-order valence-corrected chi connectivity index (χ2v) is 15.2. The van der Waals surface area contributed by atoms with Crippen LogP contribution < -0.4 is 19.9 Å². The van der Waals surface area contributed by atoms with Crippen LogP contribution in [0.5, 0.6) is 5.75 Å². The second-order valence-electron chi connectivity index (χ2n) is 15.2. The maximum Gasteiger partial charge on any atom is 0.155 e. The Kier molecular flexibility index (Phi) is 7.24. The van der Waals surface area contributed by atoms with Crippen molar-refractivity contribution in [1.29, 1.82) is 0 Å². The molecule has 1 N–H and O–H groups in total. The summed E-state index contributed by atoms with van der Waals surface area (Å²) in [4.78, 5) is 5.22. The van der Waals surface area contributed by atoms with E-state index in [1.807, 2.05) is 0 Å². The molecule has 4 aromatic carbocycles. The molecule has 1 atom stereocenters. The number of hydrogen-bond acceptors (Lipinski definition) is 5. The fourth-order valence-electron chi connectivity index (χ4n) is 8.91. The highest BCUT2D eigenvalue weighted by Crippen LogP contribution is 2.56. The molecule has 1 spiro atoms. The van der Waals surface area contributed by atoms with Gasteiger partial charge in [0.1, 0.15) is 6.61 Å². The first-order valence-corrected chi connectivity index (χ1v) is 17.6. The first kappa shape index (κ1) is 29.7. The molecule has 240 valence electrons. The second kappa shape index (κ2) is 11.2. The summed E-state index contributed by atoms with van der Waals surface area (Å²) in [7, 11) is 0. The van der Waals surface area contributed by atoms with Crippen LogP contribution in [0.4, 0.5) is 17.1 Å². The van der Waals surface area contributed by atoms with Crippen molar-refractivity contribution in [2.24, 2.45) is 5.92 Å². The van der Waals surface area contributed by atoms with Gasteiger partial charge in [0.2, 0.25) is 0 Å². The van der Waals surface area contributed by atoms with E-state index in [2.05, 4.69) is 122 Å². The standard InChI is InChI=1S/C41H49N3O2/c1-39(2,30-15-9-6-10-16-30)31-19-20-32-33(25-31)37(43-21-23-45-24-22-43)26-35-38(32)46-28-41(42-35)40(3,4)34-17-11-12-18-36(34)44(41)27-29-13-7-5-8-14-29/h6,9-12,15-20,25-26,29,42H,5,7-8,13-14,21-24,27-28H2,1-4H3. The topological polar surface area (TPSA) is 37.0 Å². The maximum absolute atomic E-state index is 7.07. The van der Waals surface area contributed by atoms with E-state index in [1.165, 1.54) is 70.9 Å². The summed E-state index contributed by atoms with van der Waals surface area (Å²) in [6, 6.07) is 29.4. The van der Waals surface area contributed by atoms with E-state index in [0.717, 1.165) is 44.3 Å². The van der Waals surface area contributed by atoms with Crippen molar-refractivity contribution in [3.8, 4) is 5.75 Å². The highest BCUT2D eigenvalue weighted by atomic mass is 16.5. The minimum absolute atomic E-state index is 0.129. The van der Waals surface area contributed by atoms with Crippen LogP contribution in [0.1, 0.15) is 76.5 Å². The molecule has 8 rings (SSSR count). The zero-order chi connectivity index (χ0) is 31.5. The smallest absolute Gasteiger partial charge is 0.155 e. The van der Waals surface area contributed by atoms with Crippen LogP contribution in [0, 0.1) is 5.92 Å². The van der Waals surface area contributed by atoms with Crippen LogP contribution in [0.15, 0.2) is 78.9 Å². The van der Waals surface area contributed by atoms with Crippen molar-refractivity contribution in [3.63, 3.8) is 0 Å². The Morgan fingerprint density at radius 3 is 2.33 bits per heavy atom. The Hall–Kier alpha value is -3.70. The van der Waals surface area contributed by atoms with Crippen molar-refractivity contribution in [3.05, 3.63) is 95.6 Å². The number of morpholine rings is 1. The third kappa shape index (κ3) is 4.60. The van der Waals surface area contributed by atoms with E-state index < -0.39 is 0 Å². The van der Waals surface area contributed by atoms with Gasteiger partial charge in [-0.1, -0.05) is 108 Å². The average Bonchev–Trinajstić information content (AvgIpc) is 3.27. The lowest BCUT2D eigenvalue weighted by Crippen LogP contribution is -2.67. The number of ether oxygens (including phenoxy) is 2. The lowest BCUT2D eigenvalue weighted by Gasteiger charge is -2.52. The Morgan fingerprint density at radius 2 is 1.54 bits per heavy atom. The van der Waals surface area contributed by atoms with Crippen molar-refractivity contribution >= 4 is 27.8 Å². The van der Waals surface area contributed by atoms with Crippen molar-refractivity contribution in [1.82, 2.24) is 0 Å². The Bertz CT molecular complexity index is 1740. The van der Waals surface area contributed by atoms with E-state index in [0.29, 0.717) is 12.5 Å². The molecule has 4 aliphatic rings. The molecule has 4 aromatic rings. The molecule has 5 heteroatoms. The van der Waals surface area contributed by atoms with Gasteiger partial charge in [0.15, 0.2) is 11.4 Å². The molecule has 3 heterocycles. The van der Waals surface area contributed by atoms with E-state index in [4.69, 9.17) is 9.47 Å². The third-order valence-electron chi connectivity index (χ3n) is 11.9. The van der Waals surface area contributed by atoms with E-state index in [-0.39, 0.29) is 16.5 Å². The van der Waals surface area contributed by atoms with Crippen LogP contribution in [-0.2, 0) is 15.6 Å². The number of hydrogen-bond donors (Lipinski definition) is 1. The van der Waals surface area contributed by atoms with Gasteiger partial charge in [0.05, 0.1) is 18.9 Å². The summed E-state index contributed by atoms with van der Waals surface area (Å²) in [5.41, 5.74) is 7.10. The molecular weight excluding hydrogens is 566 g/mol. The van der Waals surface area contributed by atoms with Crippen LogP contribution in [-0.4, -0.2) is 45.1 Å². The monoisotopic (exact) mass is 615 g/mol. The largest absolute Gasteiger partial charge is 0.486 e. The summed E-state index contributed by atoms with van der Waals surface area (Å²) in [6.07, 6.45) is 6.71. The molecule has 0 amide bonds. The molecule has 0 bridgehead atoms. The Morgan fingerprint density at radius 1 is 0.804 bits per heavy atom. The average molecular weight is 616 g/mol. The van der Waals surface area contributed by atoms with Gasteiger partial charge in [-0.3, -0.25) is 0 Å². The Labute approximate surface area is 274 Å². The first-order chi connectivity index (χ1) is 22.3. The van der Waals surface area contributed by atoms with Crippen molar-refractivity contribution < 1.29 is 9.47 Å². The summed E-state index contributed by atoms with van der Waals surface area (Å²) in [6.45, 7) is 14.4.